The molecule has 0 aliphatic rings. The topological polar surface area (TPSA) is 12.0 Å². The van der Waals surface area contributed by atoms with Gasteiger partial charge in [-0.1, -0.05) is 120 Å². The van der Waals surface area contributed by atoms with E-state index in [1.54, 1.807) is 0 Å². The highest BCUT2D eigenvalue weighted by atomic mass is 32.1. The van der Waals surface area contributed by atoms with Crippen LogP contribution in [0.3, 0.4) is 0 Å². The quantitative estimate of drug-likeness (QED) is 0.0648. The van der Waals surface area contributed by atoms with Crippen molar-refractivity contribution in [1.82, 2.24) is 0 Å². The second kappa shape index (κ2) is 13.0. The van der Waals surface area contributed by atoms with Crippen molar-refractivity contribution in [2.75, 3.05) is 5.32 Å². The van der Waals surface area contributed by atoms with Crippen LogP contribution in [-0.4, -0.2) is 12.4 Å². The molecule has 0 saturated heterocycles. The number of hydrogen-bond donors (Lipinski definition) is 2. The fraction of sp³-hybridized carbons (Fsp3) is 0.214. The predicted octanol–water partition coefficient (Wildman–Crippen LogP) is 11.9. The summed E-state index contributed by atoms with van der Waals surface area (Å²) in [4.78, 5) is 0. The van der Waals surface area contributed by atoms with Crippen molar-refractivity contribution < 1.29 is 0 Å². The number of benzene rings is 6. The van der Waals surface area contributed by atoms with Gasteiger partial charge in [0.05, 0.1) is 0 Å². The van der Waals surface area contributed by atoms with Crippen LogP contribution in [-0.2, 0) is 0 Å². The van der Waals surface area contributed by atoms with E-state index in [0.29, 0.717) is 20.9 Å². The number of hydrogen-bond acceptors (Lipinski definition) is 1. The average Bonchev–Trinajstić information content (AvgIpc) is 3.02. The molecule has 0 heterocycles. The molecule has 0 spiro atoms. The molecule has 0 saturated carbocycles. The van der Waals surface area contributed by atoms with Crippen molar-refractivity contribution in [2.24, 2.45) is 0 Å². The molecule has 0 fully saturated rings. The summed E-state index contributed by atoms with van der Waals surface area (Å²) in [5.74, 6) is 11.0. The molecule has 0 unspecified atom stereocenters. The molecule has 0 radical (unpaired) electrons. The Morgan fingerprint density at radius 3 is 1.35 bits per heavy atom. The van der Waals surface area contributed by atoms with E-state index in [9.17, 15) is 0 Å². The number of rotatable bonds is 4. The van der Waals surface area contributed by atoms with E-state index < -0.39 is 8.07 Å². The molecular formula is C42H39NS2Si. The van der Waals surface area contributed by atoms with Gasteiger partial charge < -0.3 is 5.32 Å². The van der Waals surface area contributed by atoms with Gasteiger partial charge in [-0.3, -0.25) is 0 Å². The molecular weight excluding hydrogens is 611 g/mol. The van der Waals surface area contributed by atoms with E-state index in [-0.39, 0.29) is 0 Å². The average molecular weight is 650 g/mol. The van der Waals surface area contributed by atoms with Gasteiger partial charge in [0.25, 0.3) is 0 Å². The summed E-state index contributed by atoms with van der Waals surface area (Å²) in [6.45, 7) is 14.3. The zero-order valence-corrected chi connectivity index (χ0v) is 30.0. The minimum absolute atomic E-state index is 0.439. The lowest BCUT2D eigenvalue weighted by molar-refractivity contribution is 0.838. The Kier molecular flexibility index (Phi) is 9.00. The molecule has 6 rings (SSSR count). The summed E-state index contributed by atoms with van der Waals surface area (Å²) in [5.41, 5.74) is 9.68. The standard InChI is InChI=1S/C42H39NS2Si/c1-27(2)46(28(3)4,29(5)6)22-21-37-40-25-33-13-9-7-11-31(33)23-38(40)36(20-17-30-15-18-35(19-16-30)43-42(44)45)39-24-32-12-8-10-14-34(32)26-41(37)39/h7-16,18-19,23-29H,1-6H3,(H2,43,44,45). The fourth-order valence-corrected chi connectivity index (χ4v) is 12.8. The van der Waals surface area contributed by atoms with Crippen LogP contribution in [0.1, 0.15) is 58.2 Å². The second-order valence-electron chi connectivity index (χ2n) is 13.1. The molecule has 0 aliphatic carbocycles. The number of anilines is 1. The van der Waals surface area contributed by atoms with Gasteiger partial charge in [-0.05, 0) is 108 Å². The van der Waals surface area contributed by atoms with Crippen molar-refractivity contribution in [2.45, 2.75) is 58.2 Å². The zero-order chi connectivity index (χ0) is 32.6. The van der Waals surface area contributed by atoms with E-state index in [1.165, 1.54) is 32.3 Å². The van der Waals surface area contributed by atoms with Gasteiger partial charge in [-0.25, -0.2) is 0 Å². The zero-order valence-electron chi connectivity index (χ0n) is 27.3. The highest BCUT2D eigenvalue weighted by molar-refractivity contribution is 8.11. The molecule has 0 atom stereocenters. The van der Waals surface area contributed by atoms with Gasteiger partial charge in [-0.15, -0.1) is 18.2 Å². The summed E-state index contributed by atoms with van der Waals surface area (Å²) in [6.07, 6.45) is 0. The maximum Gasteiger partial charge on any atom is 0.146 e. The molecule has 46 heavy (non-hydrogen) atoms. The Morgan fingerprint density at radius 2 is 0.978 bits per heavy atom. The lowest BCUT2D eigenvalue weighted by atomic mass is 9.89. The Morgan fingerprint density at radius 1 is 0.587 bits per heavy atom. The van der Waals surface area contributed by atoms with Crippen molar-refractivity contribution in [3.63, 3.8) is 0 Å². The van der Waals surface area contributed by atoms with Gasteiger partial charge in [0.2, 0.25) is 0 Å². The normalized spacial score (nSPS) is 11.7. The van der Waals surface area contributed by atoms with E-state index in [0.717, 1.165) is 33.2 Å². The highest BCUT2D eigenvalue weighted by Crippen LogP contribution is 2.42. The second-order valence-corrected chi connectivity index (χ2v) is 19.9. The smallest absolute Gasteiger partial charge is 0.146 e. The lowest BCUT2D eigenvalue weighted by Crippen LogP contribution is -2.43. The van der Waals surface area contributed by atoms with Crippen molar-refractivity contribution in [3.05, 3.63) is 114 Å². The summed E-state index contributed by atoms with van der Waals surface area (Å²) in [7, 11) is -1.99. The molecule has 0 amide bonds. The van der Waals surface area contributed by atoms with Gasteiger partial charge in [0, 0.05) is 22.4 Å². The summed E-state index contributed by atoms with van der Waals surface area (Å²) in [6, 6.07) is 34.5. The summed E-state index contributed by atoms with van der Waals surface area (Å²) in [5, 5.41) is 12.5. The number of nitrogens with one attached hydrogen (secondary N) is 1. The van der Waals surface area contributed by atoms with E-state index in [4.69, 9.17) is 12.2 Å². The first-order chi connectivity index (χ1) is 22.1. The van der Waals surface area contributed by atoms with Gasteiger partial charge in [0.1, 0.15) is 12.4 Å². The van der Waals surface area contributed by atoms with Crippen LogP contribution >= 0.6 is 24.8 Å². The molecule has 6 aromatic rings. The van der Waals surface area contributed by atoms with Crippen LogP contribution in [0.4, 0.5) is 5.69 Å². The maximum absolute atomic E-state index is 5.09. The predicted molar refractivity (Wildman–Crippen MR) is 212 cm³/mol. The summed E-state index contributed by atoms with van der Waals surface area (Å²) < 4.78 is 0.439. The molecule has 1 nitrogen and oxygen atoms in total. The molecule has 0 bridgehead atoms. The van der Waals surface area contributed by atoms with Crippen LogP contribution < -0.4 is 5.32 Å². The van der Waals surface area contributed by atoms with Gasteiger partial charge in [0.15, 0.2) is 0 Å². The Hall–Kier alpha value is -4.06. The minimum Gasteiger partial charge on any atom is -0.341 e. The van der Waals surface area contributed by atoms with E-state index >= 15 is 0 Å². The number of fused-ring (bicyclic) bond motifs is 4. The molecule has 1 N–H and O–H groups in total. The van der Waals surface area contributed by atoms with Crippen LogP contribution in [0.15, 0.2) is 97.1 Å². The third-order valence-corrected chi connectivity index (χ3v) is 16.1. The lowest BCUT2D eigenvalue weighted by Gasteiger charge is -2.38. The monoisotopic (exact) mass is 649 g/mol. The minimum atomic E-state index is -1.99. The largest absolute Gasteiger partial charge is 0.341 e. The maximum atomic E-state index is 5.09. The first-order valence-corrected chi connectivity index (χ1v) is 19.1. The molecule has 0 aromatic heterocycles. The Bertz CT molecular complexity index is 2140. The molecule has 228 valence electrons. The Labute approximate surface area is 285 Å². The van der Waals surface area contributed by atoms with Crippen molar-refractivity contribution >= 4 is 86.0 Å². The molecule has 6 aromatic carbocycles. The third-order valence-electron chi connectivity index (χ3n) is 9.59. The van der Waals surface area contributed by atoms with Crippen molar-refractivity contribution in [3.8, 4) is 23.3 Å². The fourth-order valence-electron chi connectivity index (χ4n) is 7.37. The number of thiocarbonyl (C=S) groups is 1. The van der Waals surface area contributed by atoms with E-state index in [1.807, 2.05) is 24.3 Å². The van der Waals surface area contributed by atoms with Crippen molar-refractivity contribution in [1.29, 1.82) is 0 Å². The highest BCUT2D eigenvalue weighted by Gasteiger charge is 2.41. The van der Waals surface area contributed by atoms with Crippen LogP contribution in [0, 0.1) is 23.3 Å². The first-order valence-electron chi connectivity index (χ1n) is 16.0. The van der Waals surface area contributed by atoms with Crippen LogP contribution in [0.5, 0.6) is 0 Å². The SMILES string of the molecule is CC(C)[Si](C#Cc1c2cc3ccccc3cc2c(C#Cc2ccc(NC(=S)S)cc2)c2cc3ccccc3cc12)(C(C)C)C(C)C. The molecule has 0 aliphatic heterocycles. The summed E-state index contributed by atoms with van der Waals surface area (Å²) >= 11 is 9.28. The van der Waals surface area contributed by atoms with Gasteiger partial charge >= 0.3 is 0 Å². The van der Waals surface area contributed by atoms with E-state index in [2.05, 4.69) is 156 Å². The third kappa shape index (κ3) is 5.94. The first kappa shape index (κ1) is 31.9. The van der Waals surface area contributed by atoms with Crippen LogP contribution in [0.2, 0.25) is 16.6 Å². The number of thiol groups is 1. The Balaban J connectivity index is 1.72. The van der Waals surface area contributed by atoms with Gasteiger partial charge in [-0.2, -0.15) is 0 Å². The molecule has 4 heteroatoms. The van der Waals surface area contributed by atoms with Crippen LogP contribution in [0.25, 0.3) is 43.1 Å².